The van der Waals surface area contributed by atoms with E-state index in [9.17, 15) is 4.79 Å². The third-order valence-corrected chi connectivity index (χ3v) is 3.01. The van der Waals surface area contributed by atoms with Crippen LogP contribution >= 0.6 is 0 Å². The van der Waals surface area contributed by atoms with Crippen molar-refractivity contribution in [1.82, 2.24) is 15.1 Å². The molecular weight excluding hydrogens is 190 g/mol. The topological polar surface area (TPSA) is 35.6 Å². The Kier molecular flexibility index (Phi) is 3.73. The fourth-order valence-electron chi connectivity index (χ4n) is 1.63. The summed E-state index contributed by atoms with van der Waals surface area (Å²) >= 11 is 0. The Bertz CT molecular complexity index is 234. The summed E-state index contributed by atoms with van der Waals surface area (Å²) in [5, 5.41) is 3.27. The van der Waals surface area contributed by atoms with Gasteiger partial charge in [0.15, 0.2) is 0 Å². The normalized spacial score (nSPS) is 23.9. The molecule has 1 aliphatic rings. The molecule has 1 N–H and O–H groups in total. The standard InChI is InChI=1S/C11H23N3O/c1-11(2,3)14(5)10(15)9-8-13(4)7-6-12-9/h9,12H,6-8H2,1-5H3. The molecule has 1 unspecified atom stereocenters. The van der Waals surface area contributed by atoms with Crippen LogP contribution in [0.15, 0.2) is 0 Å². The molecule has 4 nitrogen and oxygen atoms in total. The van der Waals surface area contributed by atoms with Crippen LogP contribution < -0.4 is 5.32 Å². The molecular formula is C11H23N3O. The summed E-state index contributed by atoms with van der Waals surface area (Å²) in [6, 6.07) is -0.0482. The first-order chi connectivity index (χ1) is 6.82. The number of hydrogen-bond donors (Lipinski definition) is 1. The van der Waals surface area contributed by atoms with Crippen LogP contribution in [0.2, 0.25) is 0 Å². The maximum Gasteiger partial charge on any atom is 0.241 e. The van der Waals surface area contributed by atoms with E-state index in [0.717, 1.165) is 19.6 Å². The first-order valence-electron chi connectivity index (χ1n) is 5.52. The molecule has 1 atom stereocenters. The lowest BCUT2D eigenvalue weighted by atomic mass is 10.0. The van der Waals surface area contributed by atoms with Crippen LogP contribution in [0, 0.1) is 0 Å². The summed E-state index contributed by atoms with van der Waals surface area (Å²) < 4.78 is 0. The van der Waals surface area contributed by atoms with Crippen LogP contribution in [-0.2, 0) is 4.79 Å². The largest absolute Gasteiger partial charge is 0.340 e. The zero-order valence-electron chi connectivity index (χ0n) is 10.5. The van der Waals surface area contributed by atoms with Crippen LogP contribution in [0.5, 0.6) is 0 Å². The van der Waals surface area contributed by atoms with Gasteiger partial charge in [0.1, 0.15) is 0 Å². The van der Waals surface area contributed by atoms with Crippen molar-refractivity contribution in [2.75, 3.05) is 33.7 Å². The zero-order chi connectivity index (χ0) is 11.6. The molecule has 1 amide bonds. The van der Waals surface area contributed by atoms with E-state index in [1.165, 1.54) is 0 Å². The number of amides is 1. The van der Waals surface area contributed by atoms with Crippen molar-refractivity contribution in [3.05, 3.63) is 0 Å². The number of hydrogen-bond acceptors (Lipinski definition) is 3. The molecule has 4 heteroatoms. The van der Waals surface area contributed by atoms with Crippen LogP contribution in [0.4, 0.5) is 0 Å². The van der Waals surface area contributed by atoms with Crippen molar-refractivity contribution in [2.45, 2.75) is 32.4 Å². The van der Waals surface area contributed by atoms with Gasteiger partial charge in [-0.05, 0) is 27.8 Å². The van der Waals surface area contributed by atoms with Gasteiger partial charge in [0.2, 0.25) is 5.91 Å². The number of rotatable bonds is 1. The number of carbonyl (C=O) groups is 1. The van der Waals surface area contributed by atoms with E-state index < -0.39 is 0 Å². The predicted molar refractivity (Wildman–Crippen MR) is 61.8 cm³/mol. The minimum atomic E-state index is -0.102. The Balaban J connectivity index is 2.60. The van der Waals surface area contributed by atoms with Crippen LogP contribution in [0.25, 0.3) is 0 Å². The van der Waals surface area contributed by atoms with Gasteiger partial charge in [0.25, 0.3) is 0 Å². The van der Waals surface area contributed by atoms with Crippen molar-refractivity contribution >= 4 is 5.91 Å². The highest BCUT2D eigenvalue weighted by Gasteiger charge is 2.30. The molecule has 15 heavy (non-hydrogen) atoms. The second kappa shape index (κ2) is 4.49. The lowest BCUT2D eigenvalue weighted by Crippen LogP contribution is -2.59. The molecule has 1 rings (SSSR count). The molecule has 0 aliphatic carbocycles. The van der Waals surface area contributed by atoms with Gasteiger partial charge >= 0.3 is 0 Å². The Labute approximate surface area is 92.6 Å². The fraction of sp³-hybridized carbons (Fsp3) is 0.909. The van der Waals surface area contributed by atoms with Crippen molar-refractivity contribution in [2.24, 2.45) is 0 Å². The van der Waals surface area contributed by atoms with Crippen molar-refractivity contribution in [3.8, 4) is 0 Å². The molecule has 0 bridgehead atoms. The van der Waals surface area contributed by atoms with Gasteiger partial charge < -0.3 is 15.1 Å². The summed E-state index contributed by atoms with van der Waals surface area (Å²) in [5.41, 5.74) is -0.102. The third-order valence-electron chi connectivity index (χ3n) is 3.01. The first kappa shape index (κ1) is 12.5. The summed E-state index contributed by atoms with van der Waals surface area (Å²) in [6.07, 6.45) is 0. The highest BCUT2D eigenvalue weighted by Crippen LogP contribution is 2.12. The molecule has 1 fully saturated rings. The van der Waals surface area contributed by atoms with E-state index in [1.807, 2.05) is 11.9 Å². The molecule has 0 radical (unpaired) electrons. The van der Waals surface area contributed by atoms with E-state index in [4.69, 9.17) is 0 Å². The number of nitrogens with zero attached hydrogens (tertiary/aromatic N) is 2. The molecule has 88 valence electrons. The number of carbonyl (C=O) groups excluding carboxylic acids is 1. The van der Waals surface area contributed by atoms with Crippen LogP contribution in [0.1, 0.15) is 20.8 Å². The quantitative estimate of drug-likeness (QED) is 0.673. The third kappa shape index (κ3) is 3.18. The summed E-state index contributed by atoms with van der Waals surface area (Å²) in [7, 11) is 3.93. The molecule has 0 spiro atoms. The van der Waals surface area contributed by atoms with Gasteiger partial charge in [-0.2, -0.15) is 0 Å². The van der Waals surface area contributed by atoms with E-state index in [-0.39, 0.29) is 17.5 Å². The molecule has 0 aromatic carbocycles. The first-order valence-corrected chi connectivity index (χ1v) is 5.52. The van der Waals surface area contributed by atoms with Gasteiger partial charge in [-0.25, -0.2) is 0 Å². The monoisotopic (exact) mass is 213 g/mol. The molecule has 1 aliphatic heterocycles. The second-order valence-corrected chi connectivity index (χ2v) is 5.34. The lowest BCUT2D eigenvalue weighted by Gasteiger charge is -2.38. The van der Waals surface area contributed by atoms with Crippen LogP contribution in [0.3, 0.4) is 0 Å². The Morgan fingerprint density at radius 3 is 2.53 bits per heavy atom. The Morgan fingerprint density at radius 2 is 2.07 bits per heavy atom. The van der Waals surface area contributed by atoms with Gasteiger partial charge in [-0.1, -0.05) is 0 Å². The Morgan fingerprint density at radius 1 is 1.47 bits per heavy atom. The van der Waals surface area contributed by atoms with E-state index in [2.05, 4.69) is 38.0 Å². The SMILES string of the molecule is CN1CCNC(C(=O)N(C)C(C)(C)C)C1. The van der Waals surface area contributed by atoms with E-state index in [1.54, 1.807) is 0 Å². The summed E-state index contributed by atoms with van der Waals surface area (Å²) in [4.78, 5) is 16.1. The maximum atomic E-state index is 12.1. The van der Waals surface area contributed by atoms with Crippen molar-refractivity contribution in [3.63, 3.8) is 0 Å². The van der Waals surface area contributed by atoms with Gasteiger partial charge in [-0.3, -0.25) is 4.79 Å². The fourth-order valence-corrected chi connectivity index (χ4v) is 1.63. The average molecular weight is 213 g/mol. The predicted octanol–water partition coefficient (Wildman–Crippen LogP) is 0.147. The number of likely N-dealkylation sites (N-methyl/N-ethyl adjacent to an activating group) is 2. The van der Waals surface area contributed by atoms with Crippen molar-refractivity contribution in [1.29, 1.82) is 0 Å². The molecule has 0 aromatic heterocycles. The molecule has 1 saturated heterocycles. The lowest BCUT2D eigenvalue weighted by molar-refractivity contribution is -0.137. The maximum absolute atomic E-state index is 12.1. The highest BCUT2D eigenvalue weighted by molar-refractivity contribution is 5.82. The molecule has 1 heterocycles. The minimum Gasteiger partial charge on any atom is -0.340 e. The van der Waals surface area contributed by atoms with Crippen LogP contribution in [-0.4, -0.2) is 61.0 Å². The molecule has 0 aromatic rings. The Hall–Kier alpha value is -0.610. The van der Waals surface area contributed by atoms with Gasteiger partial charge in [0, 0.05) is 32.2 Å². The average Bonchev–Trinajstić information content (AvgIpc) is 2.14. The summed E-state index contributed by atoms with van der Waals surface area (Å²) in [5.74, 6) is 0.189. The number of piperazine rings is 1. The highest BCUT2D eigenvalue weighted by atomic mass is 16.2. The molecule has 0 saturated carbocycles. The summed E-state index contributed by atoms with van der Waals surface area (Å²) in [6.45, 7) is 8.87. The van der Waals surface area contributed by atoms with Gasteiger partial charge in [-0.15, -0.1) is 0 Å². The second-order valence-electron chi connectivity index (χ2n) is 5.34. The van der Waals surface area contributed by atoms with E-state index >= 15 is 0 Å². The minimum absolute atomic E-state index is 0.0482. The van der Waals surface area contributed by atoms with Crippen molar-refractivity contribution < 1.29 is 4.79 Å². The zero-order valence-corrected chi connectivity index (χ0v) is 10.5. The van der Waals surface area contributed by atoms with E-state index in [0.29, 0.717) is 0 Å². The smallest absolute Gasteiger partial charge is 0.241 e. The van der Waals surface area contributed by atoms with Gasteiger partial charge in [0.05, 0.1) is 6.04 Å². The number of nitrogens with one attached hydrogen (secondary N) is 1.